The molecule has 0 N–H and O–H groups in total. The Morgan fingerprint density at radius 2 is 2.11 bits per heavy atom. The van der Waals surface area contributed by atoms with E-state index in [4.69, 9.17) is 4.74 Å². The van der Waals surface area contributed by atoms with Crippen LogP contribution in [0.15, 0.2) is 0 Å². The first-order valence-electron chi connectivity index (χ1n) is 3.48. The minimum atomic E-state index is 0.690. The average Bonchev–Trinajstić information content (AvgIpc) is 1.59. The van der Waals surface area contributed by atoms with E-state index in [-0.39, 0.29) is 0 Å². The molecule has 2 heteroatoms. The van der Waals surface area contributed by atoms with Gasteiger partial charge in [0.1, 0.15) is 0 Å². The van der Waals surface area contributed by atoms with E-state index >= 15 is 0 Å². The topological polar surface area (TPSA) is 9.23 Å². The van der Waals surface area contributed by atoms with Crippen LogP contribution in [0.4, 0.5) is 0 Å². The lowest BCUT2D eigenvalue weighted by Crippen LogP contribution is -2.52. The molecule has 1 heterocycles. The third kappa shape index (κ3) is 0.909. The second kappa shape index (κ2) is 2.09. The van der Waals surface area contributed by atoms with Crippen LogP contribution in [0.3, 0.4) is 0 Å². The van der Waals surface area contributed by atoms with Gasteiger partial charge in [-0.2, -0.15) is 0 Å². The first kappa shape index (κ1) is 6.40. The first-order chi connectivity index (χ1) is 4.35. The molecule has 0 radical (unpaired) electrons. The summed E-state index contributed by atoms with van der Waals surface area (Å²) in [5.41, 5.74) is 0.690. The Morgan fingerprint density at radius 3 is 2.44 bits per heavy atom. The van der Waals surface area contributed by atoms with Gasteiger partial charge in [0.15, 0.2) is 0 Å². The molecule has 0 amide bonds. The smallest absolute Gasteiger partial charge is 0.0545 e. The molecule has 2 aliphatic rings. The van der Waals surface area contributed by atoms with Crippen LogP contribution < -0.4 is 0 Å². The molecule has 1 aliphatic carbocycles. The van der Waals surface area contributed by atoms with Crippen molar-refractivity contribution < 1.29 is 4.74 Å². The van der Waals surface area contributed by atoms with Crippen LogP contribution in [-0.2, 0) is 4.74 Å². The van der Waals surface area contributed by atoms with Gasteiger partial charge in [-0.1, -0.05) is 22.6 Å². The van der Waals surface area contributed by atoms with Crippen molar-refractivity contribution in [1.29, 1.82) is 0 Å². The van der Waals surface area contributed by atoms with Crippen LogP contribution in [0.25, 0.3) is 0 Å². The van der Waals surface area contributed by atoms with Crippen molar-refractivity contribution in [2.75, 3.05) is 17.6 Å². The summed E-state index contributed by atoms with van der Waals surface area (Å²) in [5, 5.41) is 0. The fraction of sp³-hybridized carbons (Fsp3) is 1.00. The van der Waals surface area contributed by atoms with Crippen LogP contribution in [0.5, 0.6) is 0 Å². The zero-order chi connectivity index (χ0) is 6.32. The summed E-state index contributed by atoms with van der Waals surface area (Å²) >= 11 is 2.48. The minimum absolute atomic E-state index is 0.690. The Labute approximate surface area is 69.3 Å². The highest BCUT2D eigenvalue weighted by atomic mass is 127. The summed E-state index contributed by atoms with van der Waals surface area (Å²) in [7, 11) is 0. The summed E-state index contributed by atoms with van der Waals surface area (Å²) in [5.74, 6) is 1.02. The van der Waals surface area contributed by atoms with Crippen LogP contribution >= 0.6 is 22.6 Å². The van der Waals surface area contributed by atoms with Gasteiger partial charge in [-0.3, -0.25) is 0 Å². The van der Waals surface area contributed by atoms with E-state index in [0.29, 0.717) is 5.41 Å². The predicted octanol–water partition coefficient (Wildman–Crippen LogP) is 1.85. The number of ether oxygens (including phenoxy) is 1. The molecule has 1 saturated heterocycles. The van der Waals surface area contributed by atoms with Gasteiger partial charge < -0.3 is 4.74 Å². The Morgan fingerprint density at radius 1 is 1.44 bits per heavy atom. The van der Waals surface area contributed by atoms with Gasteiger partial charge in [0.25, 0.3) is 0 Å². The molecule has 1 aliphatic heterocycles. The molecule has 0 unspecified atom stereocenters. The Balaban J connectivity index is 1.82. The van der Waals surface area contributed by atoms with Crippen molar-refractivity contribution in [2.24, 2.45) is 11.3 Å². The van der Waals surface area contributed by atoms with Gasteiger partial charge in [-0.25, -0.2) is 0 Å². The molecule has 1 nitrogen and oxygen atoms in total. The number of hydrogen-bond acceptors (Lipinski definition) is 1. The van der Waals surface area contributed by atoms with Crippen LogP contribution in [-0.4, -0.2) is 17.6 Å². The van der Waals surface area contributed by atoms with Gasteiger partial charge >= 0.3 is 0 Å². The van der Waals surface area contributed by atoms with Crippen molar-refractivity contribution >= 4 is 22.6 Å². The number of hydrogen-bond donors (Lipinski definition) is 0. The third-order valence-corrected chi connectivity index (χ3v) is 3.72. The van der Waals surface area contributed by atoms with Crippen molar-refractivity contribution in [3.05, 3.63) is 0 Å². The molecule has 52 valence electrons. The highest BCUT2D eigenvalue weighted by Gasteiger charge is 2.48. The average molecular weight is 238 g/mol. The normalized spacial score (nSPS) is 31.7. The summed E-state index contributed by atoms with van der Waals surface area (Å²) in [6.45, 7) is 2.11. The largest absolute Gasteiger partial charge is 0.380 e. The Bertz CT molecular complexity index is 112. The zero-order valence-electron chi connectivity index (χ0n) is 5.40. The van der Waals surface area contributed by atoms with E-state index in [1.54, 1.807) is 0 Å². The van der Waals surface area contributed by atoms with Gasteiger partial charge in [-0.15, -0.1) is 0 Å². The molecule has 0 aromatic carbocycles. The van der Waals surface area contributed by atoms with Gasteiger partial charge in [0, 0.05) is 9.84 Å². The minimum Gasteiger partial charge on any atom is -0.380 e. The molecular formula is C7H11IO. The third-order valence-electron chi connectivity index (χ3n) is 2.48. The fourth-order valence-corrected chi connectivity index (χ4v) is 2.52. The van der Waals surface area contributed by atoms with Crippen LogP contribution in [0, 0.1) is 11.3 Å². The Hall–Kier alpha value is 0.690. The summed E-state index contributed by atoms with van der Waals surface area (Å²) in [6.07, 6.45) is 2.88. The van der Waals surface area contributed by atoms with E-state index in [0.717, 1.165) is 19.1 Å². The SMILES string of the molecule is ICC1CC2(COC2)C1. The molecule has 0 atom stereocenters. The fourth-order valence-electron chi connectivity index (χ4n) is 1.90. The molecule has 0 aromatic heterocycles. The first-order valence-corrected chi connectivity index (χ1v) is 5.01. The quantitative estimate of drug-likeness (QED) is 0.500. The van der Waals surface area contributed by atoms with E-state index in [2.05, 4.69) is 22.6 Å². The van der Waals surface area contributed by atoms with Crippen molar-refractivity contribution in [3.63, 3.8) is 0 Å². The molecule has 2 fully saturated rings. The lowest BCUT2D eigenvalue weighted by Gasteiger charge is -2.53. The highest BCUT2D eigenvalue weighted by Crippen LogP contribution is 2.51. The van der Waals surface area contributed by atoms with E-state index in [1.807, 2.05) is 0 Å². The molecule has 0 aromatic rings. The maximum atomic E-state index is 5.17. The summed E-state index contributed by atoms with van der Waals surface area (Å²) < 4.78 is 6.52. The predicted molar refractivity (Wildman–Crippen MR) is 44.9 cm³/mol. The second-order valence-electron chi connectivity index (χ2n) is 3.42. The van der Waals surface area contributed by atoms with E-state index in [1.165, 1.54) is 17.3 Å². The van der Waals surface area contributed by atoms with Gasteiger partial charge in [0.2, 0.25) is 0 Å². The Kier molecular flexibility index (Phi) is 1.49. The molecular weight excluding hydrogens is 227 g/mol. The lowest BCUT2D eigenvalue weighted by atomic mass is 9.61. The van der Waals surface area contributed by atoms with Crippen molar-refractivity contribution in [2.45, 2.75) is 12.8 Å². The molecule has 2 rings (SSSR count). The molecule has 0 bridgehead atoms. The van der Waals surface area contributed by atoms with Crippen molar-refractivity contribution in [3.8, 4) is 0 Å². The van der Waals surface area contributed by atoms with Gasteiger partial charge in [-0.05, 0) is 18.8 Å². The number of halogens is 1. The molecule has 9 heavy (non-hydrogen) atoms. The van der Waals surface area contributed by atoms with E-state index in [9.17, 15) is 0 Å². The van der Waals surface area contributed by atoms with Crippen molar-refractivity contribution in [1.82, 2.24) is 0 Å². The molecule has 1 spiro atoms. The standard InChI is InChI=1S/C7H11IO/c8-3-6-1-7(2-6)4-9-5-7/h6H,1-5H2. The maximum absolute atomic E-state index is 5.17. The van der Waals surface area contributed by atoms with Crippen LogP contribution in [0.1, 0.15) is 12.8 Å². The monoisotopic (exact) mass is 238 g/mol. The van der Waals surface area contributed by atoms with Crippen LogP contribution in [0.2, 0.25) is 0 Å². The lowest BCUT2D eigenvalue weighted by molar-refractivity contribution is -0.174. The second-order valence-corrected chi connectivity index (χ2v) is 4.30. The highest BCUT2D eigenvalue weighted by molar-refractivity contribution is 14.1. The zero-order valence-corrected chi connectivity index (χ0v) is 7.56. The maximum Gasteiger partial charge on any atom is 0.0545 e. The van der Waals surface area contributed by atoms with E-state index < -0.39 is 0 Å². The van der Waals surface area contributed by atoms with Gasteiger partial charge in [0.05, 0.1) is 13.2 Å². The summed E-state index contributed by atoms with van der Waals surface area (Å²) in [6, 6.07) is 0. The number of alkyl halides is 1. The number of rotatable bonds is 1. The summed E-state index contributed by atoms with van der Waals surface area (Å²) in [4.78, 5) is 0. The molecule has 1 saturated carbocycles.